The summed E-state index contributed by atoms with van der Waals surface area (Å²) in [4.78, 5) is 44.7. The van der Waals surface area contributed by atoms with Crippen LogP contribution in [0.4, 0.5) is 10.8 Å². The van der Waals surface area contributed by atoms with E-state index in [0.717, 1.165) is 41.5 Å². The Morgan fingerprint density at radius 1 is 1.35 bits per heavy atom. The van der Waals surface area contributed by atoms with E-state index in [-0.39, 0.29) is 28.9 Å². The molecule has 2 aromatic rings. The molecule has 0 aromatic carbocycles. The topological polar surface area (TPSA) is 157 Å². The lowest BCUT2D eigenvalue weighted by molar-refractivity contribution is -0.144. The zero-order valence-corrected chi connectivity index (χ0v) is 18.2. The van der Waals surface area contributed by atoms with Crippen LogP contribution in [0, 0.1) is 11.3 Å². The minimum atomic E-state index is -0.647. The minimum absolute atomic E-state index is 0.0433. The zero-order valence-electron chi connectivity index (χ0n) is 16.6. The Hall–Kier alpha value is -3.17. The average Bonchev–Trinajstić information content (AvgIpc) is 3.31. The molecule has 10 nitrogen and oxygen atoms in total. The molecule has 31 heavy (non-hydrogen) atoms. The molecule has 0 aliphatic heterocycles. The van der Waals surface area contributed by atoms with Crippen LogP contribution in [0.5, 0.6) is 0 Å². The van der Waals surface area contributed by atoms with Crippen LogP contribution in [0.25, 0.3) is 0 Å². The number of aromatic nitrogens is 2. The number of nitrogens with one attached hydrogen (secondary N) is 1. The normalized spacial score (nSPS) is 12.0. The highest BCUT2D eigenvalue weighted by molar-refractivity contribution is 7.99. The van der Waals surface area contributed by atoms with E-state index in [0.29, 0.717) is 10.6 Å². The number of rotatable bonds is 8. The van der Waals surface area contributed by atoms with Gasteiger partial charge in [0.25, 0.3) is 5.91 Å². The number of hydrogen-bond acceptors (Lipinski definition) is 11. The van der Waals surface area contributed by atoms with E-state index in [1.54, 1.807) is 6.92 Å². The van der Waals surface area contributed by atoms with Crippen molar-refractivity contribution >= 4 is 51.8 Å². The van der Waals surface area contributed by atoms with Crippen LogP contribution < -0.4 is 11.1 Å². The minimum Gasteiger partial charge on any atom is -0.462 e. The van der Waals surface area contributed by atoms with Gasteiger partial charge in [-0.25, -0.2) is 14.8 Å². The molecular formula is C19H19N5O5S2. The van der Waals surface area contributed by atoms with E-state index in [1.165, 1.54) is 17.5 Å². The number of thiophene rings is 1. The van der Waals surface area contributed by atoms with E-state index < -0.39 is 24.5 Å². The summed E-state index contributed by atoms with van der Waals surface area (Å²) in [6.45, 7) is 1.39. The maximum Gasteiger partial charge on any atom is 0.343 e. The fourth-order valence-corrected chi connectivity index (χ4v) is 4.77. The lowest BCUT2D eigenvalue weighted by Crippen LogP contribution is -2.21. The predicted molar refractivity (Wildman–Crippen MR) is 114 cm³/mol. The van der Waals surface area contributed by atoms with Gasteiger partial charge < -0.3 is 20.5 Å². The molecule has 0 unspecified atom stereocenters. The molecule has 3 rings (SSSR count). The van der Waals surface area contributed by atoms with Crippen molar-refractivity contribution in [2.24, 2.45) is 0 Å². The van der Waals surface area contributed by atoms with E-state index in [2.05, 4.69) is 21.4 Å². The smallest absolute Gasteiger partial charge is 0.343 e. The molecule has 1 aliphatic carbocycles. The number of hydrogen-bond donors (Lipinski definition) is 2. The van der Waals surface area contributed by atoms with Gasteiger partial charge in [-0.3, -0.25) is 9.59 Å². The van der Waals surface area contributed by atoms with Crippen molar-refractivity contribution in [3.8, 4) is 6.07 Å². The third-order valence-electron chi connectivity index (χ3n) is 4.26. The quantitative estimate of drug-likeness (QED) is 0.338. The SMILES string of the molecule is CCOC(=O)c1cnc(SCC(=O)OCC(=O)Nc2sc3c(c2C#N)CCC3)nc1N. The number of nitriles is 1. The first-order chi connectivity index (χ1) is 14.9. The second kappa shape index (κ2) is 10.2. The number of carbonyl (C=O) groups is 3. The first-order valence-corrected chi connectivity index (χ1v) is 11.2. The third-order valence-corrected chi connectivity index (χ3v) is 6.30. The maximum atomic E-state index is 12.1. The summed E-state index contributed by atoms with van der Waals surface area (Å²) in [6, 6.07) is 2.14. The number of amides is 1. The first kappa shape index (κ1) is 22.5. The summed E-state index contributed by atoms with van der Waals surface area (Å²) in [5, 5.41) is 12.7. The van der Waals surface area contributed by atoms with E-state index in [4.69, 9.17) is 15.2 Å². The number of aryl methyl sites for hydroxylation is 1. The lowest BCUT2D eigenvalue weighted by Gasteiger charge is -2.07. The van der Waals surface area contributed by atoms with Gasteiger partial charge in [-0.2, -0.15) is 5.26 Å². The monoisotopic (exact) mass is 461 g/mol. The van der Waals surface area contributed by atoms with Gasteiger partial charge in [0.15, 0.2) is 11.8 Å². The number of esters is 2. The van der Waals surface area contributed by atoms with Crippen molar-refractivity contribution in [1.82, 2.24) is 9.97 Å². The summed E-state index contributed by atoms with van der Waals surface area (Å²) >= 11 is 2.34. The number of ether oxygens (including phenoxy) is 2. The van der Waals surface area contributed by atoms with Gasteiger partial charge in [0.05, 0.1) is 17.9 Å². The summed E-state index contributed by atoms with van der Waals surface area (Å²) in [5.41, 5.74) is 7.27. The number of carbonyl (C=O) groups excluding carboxylic acids is 3. The number of nitrogen functional groups attached to an aromatic ring is 1. The van der Waals surface area contributed by atoms with E-state index >= 15 is 0 Å². The van der Waals surface area contributed by atoms with Crippen molar-refractivity contribution in [3.05, 3.63) is 27.8 Å². The van der Waals surface area contributed by atoms with E-state index in [9.17, 15) is 19.6 Å². The summed E-state index contributed by atoms with van der Waals surface area (Å²) in [6.07, 6.45) is 3.99. The summed E-state index contributed by atoms with van der Waals surface area (Å²) in [7, 11) is 0. The van der Waals surface area contributed by atoms with Crippen molar-refractivity contribution in [2.75, 3.05) is 30.0 Å². The highest BCUT2D eigenvalue weighted by Gasteiger charge is 2.23. The zero-order chi connectivity index (χ0) is 22.4. The Kier molecular flexibility index (Phi) is 7.43. The van der Waals surface area contributed by atoms with Crippen LogP contribution >= 0.6 is 23.1 Å². The average molecular weight is 462 g/mol. The molecule has 1 aliphatic rings. The molecule has 0 saturated heterocycles. The Morgan fingerprint density at radius 2 is 2.16 bits per heavy atom. The number of nitrogens with two attached hydrogens (primary N) is 1. The molecule has 0 saturated carbocycles. The highest BCUT2D eigenvalue weighted by Crippen LogP contribution is 2.38. The largest absolute Gasteiger partial charge is 0.462 e. The Morgan fingerprint density at radius 3 is 2.87 bits per heavy atom. The highest BCUT2D eigenvalue weighted by atomic mass is 32.2. The summed E-state index contributed by atoms with van der Waals surface area (Å²) in [5.74, 6) is -2.00. The van der Waals surface area contributed by atoms with Gasteiger partial charge in [0.2, 0.25) is 0 Å². The van der Waals surface area contributed by atoms with Gasteiger partial charge in [-0.1, -0.05) is 11.8 Å². The first-order valence-electron chi connectivity index (χ1n) is 9.35. The molecule has 12 heteroatoms. The fourth-order valence-electron chi connectivity index (χ4n) is 2.90. The van der Waals surface area contributed by atoms with Crippen LogP contribution in [-0.4, -0.2) is 46.8 Å². The Balaban J connectivity index is 1.46. The van der Waals surface area contributed by atoms with Crippen LogP contribution in [0.15, 0.2) is 11.4 Å². The molecule has 0 bridgehead atoms. The van der Waals surface area contributed by atoms with Crippen molar-refractivity contribution < 1.29 is 23.9 Å². The van der Waals surface area contributed by atoms with Crippen LogP contribution in [0.3, 0.4) is 0 Å². The summed E-state index contributed by atoms with van der Waals surface area (Å²) < 4.78 is 9.80. The van der Waals surface area contributed by atoms with Crippen LogP contribution in [0.1, 0.15) is 39.7 Å². The van der Waals surface area contributed by atoms with Crippen molar-refractivity contribution in [1.29, 1.82) is 5.26 Å². The molecule has 162 valence electrons. The lowest BCUT2D eigenvalue weighted by atomic mass is 10.1. The van der Waals surface area contributed by atoms with Crippen LogP contribution in [0.2, 0.25) is 0 Å². The standard InChI is InChI=1S/C19H19N5O5S2/c1-2-28-18(27)12-7-22-19(24-16(12)21)30-9-15(26)29-8-14(25)23-17-11(6-20)10-4-3-5-13(10)31-17/h7H,2-5,8-9H2,1H3,(H,23,25)(H2,21,22,24). The van der Waals surface area contributed by atoms with Gasteiger partial charge in [0, 0.05) is 11.1 Å². The number of thioether (sulfide) groups is 1. The van der Waals surface area contributed by atoms with Gasteiger partial charge in [-0.15, -0.1) is 11.3 Å². The number of anilines is 2. The molecule has 0 spiro atoms. The molecule has 3 N–H and O–H groups in total. The Bertz CT molecular complexity index is 1060. The van der Waals surface area contributed by atoms with Gasteiger partial charge in [-0.05, 0) is 31.7 Å². The Labute approximate surface area is 186 Å². The molecule has 1 amide bonds. The third kappa shape index (κ3) is 5.50. The second-order valence-corrected chi connectivity index (χ2v) is 8.39. The maximum absolute atomic E-state index is 12.1. The molecule has 0 fully saturated rings. The second-order valence-electron chi connectivity index (χ2n) is 6.34. The molecule has 0 radical (unpaired) electrons. The number of nitrogens with zero attached hydrogens (tertiary/aromatic N) is 3. The predicted octanol–water partition coefficient (Wildman–Crippen LogP) is 1.93. The van der Waals surface area contributed by atoms with Crippen LogP contribution in [-0.2, 0) is 31.9 Å². The fraction of sp³-hybridized carbons (Fsp3) is 0.368. The molecule has 0 atom stereocenters. The van der Waals surface area contributed by atoms with Gasteiger partial charge in [0.1, 0.15) is 22.5 Å². The van der Waals surface area contributed by atoms with Crippen molar-refractivity contribution in [3.63, 3.8) is 0 Å². The number of fused-ring (bicyclic) bond motifs is 1. The molecule has 2 heterocycles. The van der Waals surface area contributed by atoms with Crippen molar-refractivity contribution in [2.45, 2.75) is 31.3 Å². The van der Waals surface area contributed by atoms with E-state index in [1.807, 2.05) is 0 Å². The van der Waals surface area contributed by atoms with Gasteiger partial charge >= 0.3 is 11.9 Å². The molecular weight excluding hydrogens is 442 g/mol. The molecule has 2 aromatic heterocycles.